The molecule has 1 aromatic rings. The molecule has 2 heterocycles. The summed E-state index contributed by atoms with van der Waals surface area (Å²) in [4.78, 5) is 6.73. The lowest BCUT2D eigenvalue weighted by atomic mass is 10.1. The van der Waals surface area contributed by atoms with E-state index in [1.807, 2.05) is 12.1 Å². The van der Waals surface area contributed by atoms with Crippen LogP contribution in [0.15, 0.2) is 18.3 Å². The third kappa shape index (κ3) is 1.93. The van der Waals surface area contributed by atoms with Gasteiger partial charge >= 0.3 is 0 Å². The minimum atomic E-state index is 0.0740. The van der Waals surface area contributed by atoms with E-state index in [9.17, 15) is 0 Å². The van der Waals surface area contributed by atoms with Crippen LogP contribution in [-0.2, 0) is 6.54 Å². The lowest BCUT2D eigenvalue weighted by molar-refractivity contribution is 0.205. The molecular formula is C13H18N4. The van der Waals surface area contributed by atoms with Gasteiger partial charge in [0.05, 0.1) is 0 Å². The minimum Gasteiger partial charge on any atom is -0.382 e. The van der Waals surface area contributed by atoms with Gasteiger partial charge in [0.1, 0.15) is 11.5 Å². The normalized spacial score (nSPS) is 27.5. The molecule has 2 fully saturated rings. The van der Waals surface area contributed by atoms with Crippen LogP contribution >= 0.6 is 0 Å². The highest BCUT2D eigenvalue weighted by molar-refractivity contribution is 5.94. The number of rotatable bonds is 3. The summed E-state index contributed by atoms with van der Waals surface area (Å²) in [6.45, 7) is 2.10. The molecule has 1 aromatic heterocycles. The Bertz CT molecular complexity index is 443. The van der Waals surface area contributed by atoms with Crippen LogP contribution in [0.3, 0.4) is 0 Å². The van der Waals surface area contributed by atoms with Gasteiger partial charge in [-0.05, 0) is 36.8 Å². The lowest BCUT2D eigenvalue weighted by Gasteiger charge is -2.27. The van der Waals surface area contributed by atoms with Crippen molar-refractivity contribution in [1.82, 2.24) is 9.88 Å². The Balaban J connectivity index is 1.79. The topological polar surface area (TPSA) is 66.0 Å². The summed E-state index contributed by atoms with van der Waals surface area (Å²) in [5.74, 6) is 0.974. The van der Waals surface area contributed by atoms with Crippen molar-refractivity contribution >= 4 is 5.84 Å². The Hall–Kier alpha value is -1.42. The number of hydrogen-bond acceptors (Lipinski definition) is 3. The summed E-state index contributed by atoms with van der Waals surface area (Å²) in [7, 11) is 0. The molecule has 2 aliphatic rings. The van der Waals surface area contributed by atoms with Gasteiger partial charge in [0, 0.05) is 25.3 Å². The Morgan fingerprint density at radius 3 is 3.06 bits per heavy atom. The molecule has 1 aliphatic carbocycles. The van der Waals surface area contributed by atoms with Crippen LogP contribution in [0.2, 0.25) is 0 Å². The molecule has 1 saturated heterocycles. The van der Waals surface area contributed by atoms with Gasteiger partial charge in [-0.25, -0.2) is 0 Å². The average molecular weight is 230 g/mol. The molecule has 1 saturated carbocycles. The minimum absolute atomic E-state index is 0.0740. The Labute approximate surface area is 101 Å². The van der Waals surface area contributed by atoms with E-state index < -0.39 is 0 Å². The van der Waals surface area contributed by atoms with Crippen LogP contribution in [0.25, 0.3) is 0 Å². The monoisotopic (exact) mass is 230 g/mol. The second-order valence-corrected chi connectivity index (χ2v) is 5.19. The summed E-state index contributed by atoms with van der Waals surface area (Å²) in [5.41, 5.74) is 7.31. The summed E-state index contributed by atoms with van der Waals surface area (Å²) in [6, 6.07) is 4.71. The highest BCUT2D eigenvalue weighted by atomic mass is 15.2. The standard InChI is InChI=1S/C13H18N4/c14-13(15)12-10(2-1-5-16-12)8-17-7-9-3-4-11(17)6-9/h1-2,5,9,11H,3-4,6-8H2,(H3,14,15). The van der Waals surface area contributed by atoms with Crippen molar-refractivity contribution in [1.29, 1.82) is 5.41 Å². The van der Waals surface area contributed by atoms with E-state index in [1.54, 1.807) is 6.20 Å². The van der Waals surface area contributed by atoms with E-state index in [4.69, 9.17) is 11.1 Å². The molecule has 0 radical (unpaired) electrons. The molecule has 3 rings (SSSR count). The molecule has 17 heavy (non-hydrogen) atoms. The van der Waals surface area contributed by atoms with Crippen molar-refractivity contribution in [2.75, 3.05) is 6.54 Å². The molecule has 0 amide bonds. The fourth-order valence-electron chi connectivity index (χ4n) is 3.25. The zero-order chi connectivity index (χ0) is 11.8. The third-order valence-corrected chi connectivity index (χ3v) is 4.04. The SMILES string of the molecule is N=C(N)c1ncccc1CN1CC2CCC1C2. The van der Waals surface area contributed by atoms with E-state index in [0.717, 1.165) is 24.1 Å². The summed E-state index contributed by atoms with van der Waals surface area (Å²) in [6.07, 6.45) is 5.79. The highest BCUT2D eigenvalue weighted by Crippen LogP contribution is 2.38. The van der Waals surface area contributed by atoms with Crippen molar-refractivity contribution in [2.45, 2.75) is 31.8 Å². The molecule has 2 atom stereocenters. The molecule has 2 unspecified atom stereocenters. The molecule has 0 aromatic carbocycles. The van der Waals surface area contributed by atoms with Gasteiger partial charge < -0.3 is 5.73 Å². The number of pyridine rings is 1. The van der Waals surface area contributed by atoms with Crippen LogP contribution in [-0.4, -0.2) is 28.3 Å². The number of piperidine rings is 1. The molecule has 0 spiro atoms. The summed E-state index contributed by atoms with van der Waals surface area (Å²) in [5, 5.41) is 7.55. The van der Waals surface area contributed by atoms with Crippen LogP contribution < -0.4 is 5.73 Å². The van der Waals surface area contributed by atoms with Gasteiger partial charge in [0.15, 0.2) is 0 Å². The van der Waals surface area contributed by atoms with Gasteiger partial charge in [0.25, 0.3) is 0 Å². The second-order valence-electron chi connectivity index (χ2n) is 5.19. The maximum atomic E-state index is 7.55. The predicted octanol–water partition coefficient (Wildman–Crippen LogP) is 1.35. The van der Waals surface area contributed by atoms with Crippen molar-refractivity contribution in [3.05, 3.63) is 29.6 Å². The molecule has 90 valence electrons. The zero-order valence-electron chi connectivity index (χ0n) is 9.89. The Kier molecular flexibility index (Phi) is 2.59. The van der Waals surface area contributed by atoms with E-state index in [1.165, 1.54) is 25.8 Å². The smallest absolute Gasteiger partial charge is 0.142 e. The number of hydrogen-bond donors (Lipinski definition) is 2. The molecule has 4 nitrogen and oxygen atoms in total. The van der Waals surface area contributed by atoms with E-state index in [-0.39, 0.29) is 5.84 Å². The van der Waals surface area contributed by atoms with Crippen molar-refractivity contribution in [3.63, 3.8) is 0 Å². The largest absolute Gasteiger partial charge is 0.382 e. The number of amidine groups is 1. The first kappa shape index (κ1) is 10.7. The van der Waals surface area contributed by atoms with Crippen molar-refractivity contribution in [2.24, 2.45) is 11.7 Å². The number of fused-ring (bicyclic) bond motifs is 2. The molecule has 4 heteroatoms. The molecule has 3 N–H and O–H groups in total. The highest BCUT2D eigenvalue weighted by Gasteiger charge is 2.37. The number of nitrogen functional groups attached to an aromatic ring is 1. The molecule has 1 aliphatic heterocycles. The number of likely N-dealkylation sites (tertiary alicyclic amines) is 1. The predicted molar refractivity (Wildman–Crippen MR) is 66.8 cm³/mol. The first-order valence-corrected chi connectivity index (χ1v) is 6.26. The van der Waals surface area contributed by atoms with Crippen LogP contribution in [0.4, 0.5) is 0 Å². The number of nitrogens with one attached hydrogen (secondary N) is 1. The van der Waals surface area contributed by atoms with E-state index >= 15 is 0 Å². The third-order valence-electron chi connectivity index (χ3n) is 4.04. The fraction of sp³-hybridized carbons (Fsp3) is 0.538. The number of aromatic nitrogens is 1. The van der Waals surface area contributed by atoms with Gasteiger partial charge in [-0.15, -0.1) is 0 Å². The first-order chi connectivity index (χ1) is 8.24. The van der Waals surface area contributed by atoms with Crippen LogP contribution in [0, 0.1) is 11.3 Å². The number of nitrogens with zero attached hydrogens (tertiary/aromatic N) is 2. The fourth-order valence-corrected chi connectivity index (χ4v) is 3.25. The van der Waals surface area contributed by atoms with E-state index in [2.05, 4.69) is 9.88 Å². The maximum Gasteiger partial charge on any atom is 0.142 e. The zero-order valence-corrected chi connectivity index (χ0v) is 9.89. The molecular weight excluding hydrogens is 212 g/mol. The quantitative estimate of drug-likeness (QED) is 0.608. The second kappa shape index (κ2) is 4.11. The number of nitrogens with two attached hydrogens (primary N) is 1. The van der Waals surface area contributed by atoms with Crippen molar-refractivity contribution < 1.29 is 0 Å². The average Bonchev–Trinajstić information content (AvgIpc) is 2.91. The van der Waals surface area contributed by atoms with Gasteiger partial charge in [0.2, 0.25) is 0 Å². The van der Waals surface area contributed by atoms with Crippen LogP contribution in [0.5, 0.6) is 0 Å². The lowest BCUT2D eigenvalue weighted by Crippen LogP contribution is -2.32. The van der Waals surface area contributed by atoms with Gasteiger partial charge in [-0.3, -0.25) is 15.3 Å². The summed E-state index contributed by atoms with van der Waals surface area (Å²) >= 11 is 0. The maximum absolute atomic E-state index is 7.55. The summed E-state index contributed by atoms with van der Waals surface area (Å²) < 4.78 is 0. The Morgan fingerprint density at radius 1 is 1.53 bits per heavy atom. The van der Waals surface area contributed by atoms with Gasteiger partial charge in [-0.1, -0.05) is 6.07 Å². The van der Waals surface area contributed by atoms with Crippen LogP contribution in [0.1, 0.15) is 30.5 Å². The molecule has 2 bridgehead atoms. The Morgan fingerprint density at radius 2 is 2.41 bits per heavy atom. The van der Waals surface area contributed by atoms with Gasteiger partial charge in [-0.2, -0.15) is 0 Å². The first-order valence-electron chi connectivity index (χ1n) is 6.26. The van der Waals surface area contributed by atoms with E-state index in [0.29, 0.717) is 5.69 Å². The van der Waals surface area contributed by atoms with Crippen molar-refractivity contribution in [3.8, 4) is 0 Å².